The molecule has 0 aliphatic carbocycles. The van der Waals surface area contributed by atoms with Gasteiger partial charge in [-0.05, 0) is 42.5 Å². The first kappa shape index (κ1) is 16.4. The number of aromatic nitrogens is 2. The molecule has 0 unspecified atom stereocenters. The van der Waals surface area contributed by atoms with E-state index >= 15 is 0 Å². The van der Waals surface area contributed by atoms with Crippen LogP contribution < -0.4 is 15.0 Å². The molecule has 0 bridgehead atoms. The van der Waals surface area contributed by atoms with Crippen molar-refractivity contribution in [1.82, 2.24) is 9.78 Å². The monoisotopic (exact) mass is 340 g/mol. The second-order valence-electron chi connectivity index (χ2n) is 5.27. The molecule has 0 radical (unpaired) electrons. The zero-order chi connectivity index (χ0) is 18.0. The van der Waals surface area contributed by atoms with Crippen LogP contribution in [0, 0.1) is 0 Å². The van der Waals surface area contributed by atoms with Gasteiger partial charge in [-0.25, -0.2) is 9.48 Å². The van der Waals surface area contributed by atoms with Gasteiger partial charge in [-0.1, -0.05) is 0 Å². The molecule has 1 heterocycles. The normalized spacial score (nSPS) is 10.5. The molecule has 7 heteroatoms. The maximum Gasteiger partial charge on any atom is 0.335 e. The Morgan fingerprint density at radius 2 is 1.68 bits per heavy atom. The van der Waals surface area contributed by atoms with E-state index in [2.05, 4.69) is 5.10 Å². The number of nitrogens with one attached hydrogen (secondary N) is 1. The largest absolute Gasteiger partial charge is 0.493 e. The summed E-state index contributed by atoms with van der Waals surface area (Å²) in [6.07, 6.45) is 0. The van der Waals surface area contributed by atoms with Gasteiger partial charge in [0.15, 0.2) is 11.5 Å². The van der Waals surface area contributed by atoms with Crippen LogP contribution in [0.3, 0.4) is 0 Å². The van der Waals surface area contributed by atoms with Crippen LogP contribution in [-0.4, -0.2) is 35.1 Å². The highest BCUT2D eigenvalue weighted by molar-refractivity contribution is 5.87. The van der Waals surface area contributed by atoms with Crippen molar-refractivity contribution in [1.29, 1.82) is 0 Å². The van der Waals surface area contributed by atoms with Crippen molar-refractivity contribution in [2.75, 3.05) is 14.2 Å². The molecule has 0 fully saturated rings. The molecule has 0 spiro atoms. The van der Waals surface area contributed by atoms with Crippen LogP contribution in [0.4, 0.5) is 0 Å². The van der Waals surface area contributed by atoms with Gasteiger partial charge in [0.25, 0.3) is 5.56 Å². The van der Waals surface area contributed by atoms with Gasteiger partial charge in [0.1, 0.15) is 0 Å². The summed E-state index contributed by atoms with van der Waals surface area (Å²) in [4.78, 5) is 23.2. The molecule has 0 saturated heterocycles. The SMILES string of the molecule is COc1ccc(-c2cc(=O)n(-c3ccc(C(=O)O)cc3)[nH]2)cc1OC. The summed E-state index contributed by atoms with van der Waals surface area (Å²) in [5, 5.41) is 12.0. The minimum absolute atomic E-state index is 0.156. The highest BCUT2D eigenvalue weighted by atomic mass is 16.5. The molecule has 3 rings (SSSR count). The summed E-state index contributed by atoms with van der Waals surface area (Å²) in [7, 11) is 3.09. The number of methoxy groups -OCH3 is 2. The Morgan fingerprint density at radius 3 is 2.28 bits per heavy atom. The van der Waals surface area contributed by atoms with Crippen molar-refractivity contribution in [3.8, 4) is 28.4 Å². The highest BCUT2D eigenvalue weighted by Crippen LogP contribution is 2.31. The van der Waals surface area contributed by atoms with E-state index in [1.807, 2.05) is 6.07 Å². The van der Waals surface area contributed by atoms with E-state index in [4.69, 9.17) is 14.6 Å². The number of hydrogen-bond acceptors (Lipinski definition) is 4. The van der Waals surface area contributed by atoms with Crippen molar-refractivity contribution >= 4 is 5.97 Å². The van der Waals surface area contributed by atoms with Crippen molar-refractivity contribution in [3.63, 3.8) is 0 Å². The van der Waals surface area contributed by atoms with Crippen molar-refractivity contribution in [3.05, 3.63) is 64.4 Å². The fourth-order valence-electron chi connectivity index (χ4n) is 2.49. The fraction of sp³-hybridized carbons (Fsp3) is 0.111. The summed E-state index contributed by atoms with van der Waals surface area (Å²) in [6.45, 7) is 0. The molecule has 0 atom stereocenters. The van der Waals surface area contributed by atoms with E-state index in [0.29, 0.717) is 22.9 Å². The minimum Gasteiger partial charge on any atom is -0.493 e. The molecule has 0 aliphatic heterocycles. The quantitative estimate of drug-likeness (QED) is 0.744. The van der Waals surface area contributed by atoms with E-state index in [-0.39, 0.29) is 11.1 Å². The number of benzene rings is 2. The molecule has 3 aromatic rings. The summed E-state index contributed by atoms with van der Waals surface area (Å²) < 4.78 is 11.8. The molecule has 0 amide bonds. The van der Waals surface area contributed by atoms with Gasteiger partial charge in [-0.2, -0.15) is 0 Å². The van der Waals surface area contributed by atoms with Gasteiger partial charge in [-0.15, -0.1) is 0 Å². The topological polar surface area (TPSA) is 93.5 Å². The average molecular weight is 340 g/mol. The Kier molecular flexibility index (Phi) is 4.30. The third-order valence-electron chi connectivity index (χ3n) is 3.79. The number of aromatic carboxylic acids is 1. The van der Waals surface area contributed by atoms with Crippen molar-refractivity contribution in [2.45, 2.75) is 0 Å². The summed E-state index contributed by atoms with van der Waals surface area (Å²) in [6, 6.07) is 12.8. The second kappa shape index (κ2) is 6.56. The third-order valence-corrected chi connectivity index (χ3v) is 3.79. The molecule has 2 N–H and O–H groups in total. The Hall–Kier alpha value is -3.48. The zero-order valence-corrected chi connectivity index (χ0v) is 13.6. The van der Waals surface area contributed by atoms with E-state index in [0.717, 1.165) is 5.56 Å². The molecule has 2 aromatic carbocycles. The molecule has 25 heavy (non-hydrogen) atoms. The van der Waals surface area contributed by atoms with Crippen LogP contribution in [0.15, 0.2) is 53.3 Å². The first-order valence-corrected chi connectivity index (χ1v) is 7.41. The Bertz CT molecular complexity index is 970. The molecule has 0 aliphatic rings. The van der Waals surface area contributed by atoms with Crippen molar-refractivity contribution < 1.29 is 19.4 Å². The predicted molar refractivity (Wildman–Crippen MR) is 91.9 cm³/mol. The van der Waals surface area contributed by atoms with Crippen LogP contribution in [-0.2, 0) is 0 Å². The molecule has 7 nitrogen and oxygen atoms in total. The highest BCUT2D eigenvalue weighted by Gasteiger charge is 2.11. The number of carbonyl (C=O) groups is 1. The molecule has 1 aromatic heterocycles. The first-order valence-electron chi connectivity index (χ1n) is 7.41. The maximum absolute atomic E-state index is 12.3. The van der Waals surface area contributed by atoms with Crippen LogP contribution in [0.1, 0.15) is 10.4 Å². The van der Waals surface area contributed by atoms with Gasteiger partial charge in [0.05, 0.1) is 31.2 Å². The van der Waals surface area contributed by atoms with E-state index in [9.17, 15) is 9.59 Å². The van der Waals surface area contributed by atoms with Crippen LogP contribution in [0.5, 0.6) is 11.5 Å². The van der Waals surface area contributed by atoms with E-state index < -0.39 is 5.97 Å². The smallest absolute Gasteiger partial charge is 0.335 e. The predicted octanol–water partition coefficient (Wildman–Crippen LogP) is 2.55. The van der Waals surface area contributed by atoms with Crippen LogP contribution in [0.2, 0.25) is 0 Å². The number of rotatable bonds is 5. The Balaban J connectivity index is 2.00. The van der Waals surface area contributed by atoms with Crippen LogP contribution >= 0.6 is 0 Å². The Labute approximate surface area is 143 Å². The lowest BCUT2D eigenvalue weighted by atomic mass is 10.1. The molecular weight excluding hydrogens is 324 g/mol. The molecular formula is C18H16N2O5. The standard InChI is InChI=1S/C18H16N2O5/c1-24-15-8-5-12(9-16(15)25-2)14-10-17(21)20(19-14)13-6-3-11(4-7-13)18(22)23/h3-10,19H,1-2H3,(H,22,23). The summed E-state index contributed by atoms with van der Waals surface area (Å²) in [5.41, 5.74) is 1.81. The number of ether oxygens (including phenoxy) is 2. The molecule has 128 valence electrons. The average Bonchev–Trinajstić information content (AvgIpc) is 3.02. The zero-order valence-electron chi connectivity index (χ0n) is 13.6. The fourth-order valence-corrected chi connectivity index (χ4v) is 2.49. The van der Waals surface area contributed by atoms with Gasteiger partial charge in [0, 0.05) is 11.6 Å². The number of hydrogen-bond donors (Lipinski definition) is 2. The van der Waals surface area contributed by atoms with E-state index in [1.54, 1.807) is 38.5 Å². The summed E-state index contributed by atoms with van der Waals surface area (Å²) >= 11 is 0. The molecule has 0 saturated carbocycles. The number of H-pyrrole nitrogens is 1. The minimum atomic E-state index is -1.02. The van der Waals surface area contributed by atoms with Gasteiger partial charge in [-0.3, -0.25) is 9.89 Å². The summed E-state index contributed by atoms with van der Waals surface area (Å²) in [5.74, 6) is 0.132. The van der Waals surface area contributed by atoms with E-state index in [1.165, 1.54) is 22.9 Å². The maximum atomic E-state index is 12.3. The van der Waals surface area contributed by atoms with Crippen molar-refractivity contribution in [2.24, 2.45) is 0 Å². The number of carboxylic acid groups (broad SMARTS) is 1. The van der Waals surface area contributed by atoms with Crippen LogP contribution in [0.25, 0.3) is 16.9 Å². The lowest BCUT2D eigenvalue weighted by Crippen LogP contribution is -2.13. The lowest BCUT2D eigenvalue weighted by molar-refractivity contribution is 0.0697. The van der Waals surface area contributed by atoms with Gasteiger partial charge in [0.2, 0.25) is 0 Å². The number of aromatic amines is 1. The Morgan fingerprint density at radius 1 is 1.00 bits per heavy atom. The van der Waals surface area contributed by atoms with Gasteiger partial charge >= 0.3 is 5.97 Å². The number of carboxylic acids is 1. The first-order chi connectivity index (χ1) is 12.0. The second-order valence-corrected chi connectivity index (χ2v) is 5.27. The van der Waals surface area contributed by atoms with Gasteiger partial charge < -0.3 is 14.6 Å². The third kappa shape index (κ3) is 3.12. The number of nitrogens with zero attached hydrogens (tertiary/aromatic N) is 1. The lowest BCUT2D eigenvalue weighted by Gasteiger charge is -2.08.